The molecule has 0 saturated heterocycles. The summed E-state index contributed by atoms with van der Waals surface area (Å²) in [5.41, 5.74) is 3.98. The molecule has 0 aliphatic rings. The lowest BCUT2D eigenvalue weighted by Gasteiger charge is -2.18. The molecule has 0 aliphatic heterocycles. The predicted octanol–water partition coefficient (Wildman–Crippen LogP) is 5.36. The summed E-state index contributed by atoms with van der Waals surface area (Å²) in [4.78, 5) is 0. The van der Waals surface area contributed by atoms with E-state index in [1.807, 2.05) is 36.4 Å². The Morgan fingerprint density at radius 3 is 0.929 bits per heavy atom. The van der Waals surface area contributed by atoms with Crippen LogP contribution in [0.3, 0.4) is 0 Å². The van der Waals surface area contributed by atoms with Gasteiger partial charge >= 0.3 is 0 Å². The quantitative estimate of drug-likeness (QED) is 0.503. The summed E-state index contributed by atoms with van der Waals surface area (Å²) in [5.74, 6) is 3.18. The smallest absolute Gasteiger partial charge is 0.118 e. The first-order chi connectivity index (χ1) is 13.7. The van der Waals surface area contributed by atoms with Crippen molar-refractivity contribution in [3.63, 3.8) is 0 Å². The van der Waals surface area contributed by atoms with Crippen molar-refractivity contribution in [3.05, 3.63) is 89.5 Å². The second-order valence-electron chi connectivity index (χ2n) is 7.02. The van der Waals surface area contributed by atoms with Gasteiger partial charge in [-0.05, 0) is 78.3 Å². The van der Waals surface area contributed by atoms with Crippen LogP contribution in [0.4, 0.5) is 0 Å². The first kappa shape index (κ1) is 19.8. The molecule has 3 nitrogen and oxygen atoms in total. The minimum atomic E-state index is 0.496. The van der Waals surface area contributed by atoms with Crippen LogP contribution >= 0.6 is 0 Å². The monoisotopic (exact) mass is 376 g/mol. The van der Waals surface area contributed by atoms with Gasteiger partial charge in [-0.15, -0.1) is 0 Å². The lowest BCUT2D eigenvalue weighted by Crippen LogP contribution is -2.12. The van der Waals surface area contributed by atoms with Gasteiger partial charge in [-0.3, -0.25) is 0 Å². The first-order valence-corrected chi connectivity index (χ1v) is 9.59. The van der Waals surface area contributed by atoms with E-state index in [4.69, 9.17) is 14.2 Å². The summed E-state index contributed by atoms with van der Waals surface area (Å²) >= 11 is 0. The highest BCUT2D eigenvalue weighted by atomic mass is 16.5. The van der Waals surface area contributed by atoms with Crippen molar-refractivity contribution >= 4 is 0 Å². The van der Waals surface area contributed by atoms with Crippen molar-refractivity contribution in [1.29, 1.82) is 0 Å². The van der Waals surface area contributed by atoms with Gasteiger partial charge in [-0.1, -0.05) is 36.4 Å². The standard InChI is InChI=1S/C25H28O3/c1-26-23-10-4-19(5-11-23)16-22(17-20-6-12-24(27-2)13-7-20)18-21-8-14-25(28-3)15-9-21/h4-15,22H,16-18H2,1-3H3. The molecule has 0 spiro atoms. The van der Waals surface area contributed by atoms with Crippen molar-refractivity contribution < 1.29 is 14.2 Å². The fourth-order valence-corrected chi connectivity index (χ4v) is 3.50. The molecule has 146 valence electrons. The second kappa shape index (κ2) is 9.84. The van der Waals surface area contributed by atoms with Crippen LogP contribution in [-0.2, 0) is 19.3 Å². The second-order valence-corrected chi connectivity index (χ2v) is 7.02. The molecule has 0 N–H and O–H groups in total. The van der Waals surface area contributed by atoms with E-state index >= 15 is 0 Å². The van der Waals surface area contributed by atoms with E-state index in [1.165, 1.54) is 16.7 Å². The lowest BCUT2D eigenvalue weighted by molar-refractivity contribution is 0.414. The van der Waals surface area contributed by atoms with E-state index in [1.54, 1.807) is 21.3 Å². The molecule has 3 aromatic rings. The number of hydrogen-bond acceptors (Lipinski definition) is 3. The fraction of sp³-hybridized carbons (Fsp3) is 0.280. The Balaban J connectivity index is 1.76. The summed E-state index contributed by atoms with van der Waals surface area (Å²) in [7, 11) is 5.10. The van der Waals surface area contributed by atoms with Crippen LogP contribution in [0, 0.1) is 5.92 Å². The summed E-state index contributed by atoms with van der Waals surface area (Å²) in [5, 5.41) is 0. The average Bonchev–Trinajstić information content (AvgIpc) is 2.75. The SMILES string of the molecule is COc1ccc(CC(Cc2ccc(OC)cc2)Cc2ccc(OC)cc2)cc1. The Kier molecular flexibility index (Phi) is 6.96. The molecule has 3 heteroatoms. The van der Waals surface area contributed by atoms with E-state index in [9.17, 15) is 0 Å². The summed E-state index contributed by atoms with van der Waals surface area (Å²) in [6.45, 7) is 0. The molecular weight excluding hydrogens is 348 g/mol. The zero-order valence-electron chi connectivity index (χ0n) is 16.9. The maximum atomic E-state index is 5.29. The Labute approximate surface area is 167 Å². The van der Waals surface area contributed by atoms with E-state index in [2.05, 4.69) is 36.4 Å². The molecule has 28 heavy (non-hydrogen) atoms. The summed E-state index contributed by atoms with van der Waals surface area (Å²) in [6.07, 6.45) is 3.05. The molecule has 0 aromatic heterocycles. The molecule has 0 amide bonds. The van der Waals surface area contributed by atoms with Gasteiger partial charge in [0.15, 0.2) is 0 Å². The topological polar surface area (TPSA) is 27.7 Å². The van der Waals surface area contributed by atoms with Crippen molar-refractivity contribution in [2.75, 3.05) is 21.3 Å². The van der Waals surface area contributed by atoms with E-state index in [0.29, 0.717) is 5.92 Å². The van der Waals surface area contributed by atoms with E-state index < -0.39 is 0 Å². The zero-order chi connectivity index (χ0) is 19.8. The van der Waals surface area contributed by atoms with Crippen molar-refractivity contribution in [2.45, 2.75) is 19.3 Å². The van der Waals surface area contributed by atoms with Crippen LogP contribution in [0.1, 0.15) is 16.7 Å². The van der Waals surface area contributed by atoms with Gasteiger partial charge in [0.25, 0.3) is 0 Å². The van der Waals surface area contributed by atoms with E-state index in [0.717, 1.165) is 36.5 Å². The number of ether oxygens (including phenoxy) is 3. The third-order valence-electron chi connectivity index (χ3n) is 5.05. The Bertz CT molecular complexity index is 719. The molecule has 0 fully saturated rings. The number of benzene rings is 3. The molecule has 3 aromatic carbocycles. The number of rotatable bonds is 9. The minimum Gasteiger partial charge on any atom is -0.497 e. The molecular formula is C25H28O3. The summed E-state index contributed by atoms with van der Waals surface area (Å²) < 4.78 is 15.9. The maximum absolute atomic E-state index is 5.29. The Morgan fingerprint density at radius 1 is 0.464 bits per heavy atom. The molecule has 0 unspecified atom stereocenters. The van der Waals surface area contributed by atoms with Crippen LogP contribution < -0.4 is 14.2 Å². The van der Waals surface area contributed by atoms with Gasteiger partial charge in [-0.2, -0.15) is 0 Å². The lowest BCUT2D eigenvalue weighted by atomic mass is 9.87. The largest absolute Gasteiger partial charge is 0.497 e. The van der Waals surface area contributed by atoms with Gasteiger partial charge in [0, 0.05) is 0 Å². The highest BCUT2D eigenvalue weighted by Crippen LogP contribution is 2.23. The van der Waals surface area contributed by atoms with Crippen LogP contribution in [0.5, 0.6) is 17.2 Å². The third-order valence-corrected chi connectivity index (χ3v) is 5.05. The predicted molar refractivity (Wildman–Crippen MR) is 114 cm³/mol. The molecule has 0 aliphatic carbocycles. The summed E-state index contributed by atoms with van der Waals surface area (Å²) in [6, 6.07) is 25.2. The average molecular weight is 376 g/mol. The van der Waals surface area contributed by atoms with Crippen LogP contribution in [0.15, 0.2) is 72.8 Å². The number of hydrogen-bond donors (Lipinski definition) is 0. The zero-order valence-corrected chi connectivity index (χ0v) is 16.9. The van der Waals surface area contributed by atoms with Crippen molar-refractivity contribution in [2.24, 2.45) is 5.92 Å². The maximum Gasteiger partial charge on any atom is 0.118 e. The van der Waals surface area contributed by atoms with Gasteiger partial charge < -0.3 is 14.2 Å². The van der Waals surface area contributed by atoms with Crippen molar-refractivity contribution in [1.82, 2.24) is 0 Å². The third kappa shape index (κ3) is 5.53. The molecule has 0 bridgehead atoms. The van der Waals surface area contributed by atoms with Crippen LogP contribution in [0.2, 0.25) is 0 Å². The van der Waals surface area contributed by atoms with Crippen LogP contribution in [0.25, 0.3) is 0 Å². The fourth-order valence-electron chi connectivity index (χ4n) is 3.50. The van der Waals surface area contributed by atoms with Crippen LogP contribution in [-0.4, -0.2) is 21.3 Å². The molecule has 0 saturated carbocycles. The Hall–Kier alpha value is -2.94. The van der Waals surface area contributed by atoms with Gasteiger partial charge in [0.2, 0.25) is 0 Å². The van der Waals surface area contributed by atoms with Gasteiger partial charge in [-0.25, -0.2) is 0 Å². The molecule has 0 atom stereocenters. The molecule has 3 rings (SSSR count). The van der Waals surface area contributed by atoms with Gasteiger partial charge in [0.1, 0.15) is 17.2 Å². The molecule has 0 radical (unpaired) electrons. The normalized spacial score (nSPS) is 10.7. The number of methoxy groups -OCH3 is 3. The van der Waals surface area contributed by atoms with Crippen molar-refractivity contribution in [3.8, 4) is 17.2 Å². The van der Waals surface area contributed by atoms with Gasteiger partial charge in [0.05, 0.1) is 21.3 Å². The highest BCUT2D eigenvalue weighted by Gasteiger charge is 2.13. The minimum absolute atomic E-state index is 0.496. The Morgan fingerprint density at radius 2 is 0.714 bits per heavy atom. The van der Waals surface area contributed by atoms with E-state index in [-0.39, 0.29) is 0 Å². The molecule has 0 heterocycles. The first-order valence-electron chi connectivity index (χ1n) is 9.59. The highest BCUT2D eigenvalue weighted by molar-refractivity contribution is 5.31.